The molecule has 0 aliphatic heterocycles. The van der Waals surface area contributed by atoms with Crippen LogP contribution in [0.3, 0.4) is 0 Å². The molecule has 0 atom stereocenters. The van der Waals surface area contributed by atoms with Crippen LogP contribution in [0.5, 0.6) is 0 Å². The van der Waals surface area contributed by atoms with Gasteiger partial charge in [-0.3, -0.25) is 9.79 Å². The van der Waals surface area contributed by atoms with Crippen LogP contribution in [0.25, 0.3) is 0 Å². The molecule has 0 bridgehead atoms. The Kier molecular flexibility index (Phi) is 2.56. The van der Waals surface area contributed by atoms with E-state index < -0.39 is 7.82 Å². The molecule has 0 aromatic carbocycles. The Morgan fingerprint density at radius 1 is 1.75 bits per heavy atom. The molecule has 8 heavy (non-hydrogen) atoms. The van der Waals surface area contributed by atoms with Crippen molar-refractivity contribution < 1.29 is 18.9 Å². The quantitative estimate of drug-likeness (QED) is 0.426. The predicted molar refractivity (Wildman–Crippen MR) is 31.4 cm³/mol. The normalized spacial score (nSPS) is 10.9. The first-order valence-electron chi connectivity index (χ1n) is 1.67. The molecule has 0 unspecified atom stereocenters. The van der Waals surface area contributed by atoms with Crippen LogP contribution in [0.2, 0.25) is 0 Å². The van der Waals surface area contributed by atoms with E-state index >= 15 is 0 Å². The van der Waals surface area contributed by atoms with Gasteiger partial charge in [0.25, 0.3) is 0 Å². The SMILES string of the molecule is CC(=S)OP(=O)(O)O. The van der Waals surface area contributed by atoms with Crippen molar-refractivity contribution in [2.45, 2.75) is 6.92 Å². The van der Waals surface area contributed by atoms with E-state index in [4.69, 9.17) is 9.79 Å². The number of hydrogen-bond acceptors (Lipinski definition) is 3. The highest BCUT2D eigenvalue weighted by molar-refractivity contribution is 7.80. The minimum absolute atomic E-state index is 0.154. The maximum Gasteiger partial charge on any atom is 0.525 e. The highest BCUT2D eigenvalue weighted by Gasteiger charge is 2.14. The van der Waals surface area contributed by atoms with Gasteiger partial charge in [0.2, 0.25) is 0 Å². The Labute approximate surface area is 51.7 Å². The van der Waals surface area contributed by atoms with Crippen molar-refractivity contribution >= 4 is 25.1 Å². The molecular formula is C2H5O4PS. The lowest BCUT2D eigenvalue weighted by Crippen LogP contribution is -1.91. The van der Waals surface area contributed by atoms with Crippen molar-refractivity contribution in [3.8, 4) is 0 Å². The van der Waals surface area contributed by atoms with E-state index in [0.29, 0.717) is 0 Å². The highest BCUT2D eigenvalue weighted by atomic mass is 32.1. The predicted octanol–water partition coefficient (Wildman–Crippen LogP) is 0.443. The average molecular weight is 156 g/mol. The van der Waals surface area contributed by atoms with E-state index in [1.165, 1.54) is 6.92 Å². The van der Waals surface area contributed by atoms with Gasteiger partial charge in [-0.25, -0.2) is 4.57 Å². The second-order valence-electron chi connectivity index (χ2n) is 1.07. The van der Waals surface area contributed by atoms with Crippen LogP contribution in [0.1, 0.15) is 6.92 Å². The van der Waals surface area contributed by atoms with Crippen molar-refractivity contribution in [3.63, 3.8) is 0 Å². The zero-order valence-electron chi connectivity index (χ0n) is 4.07. The molecule has 0 spiro atoms. The summed E-state index contributed by atoms with van der Waals surface area (Å²) >= 11 is 4.23. The molecule has 4 nitrogen and oxygen atoms in total. The van der Waals surface area contributed by atoms with E-state index in [-0.39, 0.29) is 5.05 Å². The maximum absolute atomic E-state index is 9.83. The number of rotatable bonds is 1. The van der Waals surface area contributed by atoms with Crippen LogP contribution in [0.15, 0.2) is 0 Å². The second-order valence-corrected chi connectivity index (χ2v) is 2.81. The van der Waals surface area contributed by atoms with Gasteiger partial charge in [-0.2, -0.15) is 0 Å². The smallest absolute Gasteiger partial charge is 0.397 e. The third kappa shape index (κ3) is 6.04. The topological polar surface area (TPSA) is 66.8 Å². The van der Waals surface area contributed by atoms with Crippen molar-refractivity contribution in [1.82, 2.24) is 0 Å². The Hall–Kier alpha value is 0.0400. The maximum atomic E-state index is 9.83. The van der Waals surface area contributed by atoms with Crippen LogP contribution in [0, 0.1) is 0 Å². The van der Waals surface area contributed by atoms with Crippen LogP contribution in [-0.4, -0.2) is 14.8 Å². The summed E-state index contributed by atoms with van der Waals surface area (Å²) in [6.07, 6.45) is 0. The summed E-state index contributed by atoms with van der Waals surface area (Å²) in [4.78, 5) is 16.0. The molecule has 0 aromatic rings. The van der Waals surface area contributed by atoms with E-state index in [1.807, 2.05) is 0 Å². The first-order valence-corrected chi connectivity index (χ1v) is 3.61. The summed E-state index contributed by atoms with van der Waals surface area (Å²) in [5, 5.41) is -0.154. The fourth-order valence-electron chi connectivity index (χ4n) is 0.167. The molecule has 0 radical (unpaired) electrons. The Bertz CT molecular complexity index is 137. The largest absolute Gasteiger partial charge is 0.525 e. The first kappa shape index (κ1) is 8.04. The molecule has 0 saturated carbocycles. The molecule has 0 aliphatic rings. The fourth-order valence-corrected chi connectivity index (χ4v) is 0.794. The summed E-state index contributed by atoms with van der Waals surface area (Å²) in [5.74, 6) is 0. The van der Waals surface area contributed by atoms with Crippen molar-refractivity contribution in [2.24, 2.45) is 0 Å². The molecule has 0 aliphatic carbocycles. The van der Waals surface area contributed by atoms with E-state index in [0.717, 1.165) is 0 Å². The van der Waals surface area contributed by atoms with E-state index in [9.17, 15) is 4.57 Å². The summed E-state index contributed by atoms with van der Waals surface area (Å²) < 4.78 is 13.7. The van der Waals surface area contributed by atoms with E-state index in [1.54, 1.807) is 0 Å². The van der Waals surface area contributed by atoms with Crippen LogP contribution >= 0.6 is 20.0 Å². The lowest BCUT2D eigenvalue weighted by molar-refractivity contribution is 0.281. The summed E-state index contributed by atoms with van der Waals surface area (Å²) in [5.41, 5.74) is 0. The number of phosphoric acid groups is 1. The Morgan fingerprint density at radius 3 is 2.12 bits per heavy atom. The van der Waals surface area contributed by atoms with Crippen molar-refractivity contribution in [3.05, 3.63) is 0 Å². The van der Waals surface area contributed by atoms with Gasteiger partial charge < -0.3 is 4.52 Å². The highest BCUT2D eigenvalue weighted by Crippen LogP contribution is 2.35. The van der Waals surface area contributed by atoms with Gasteiger partial charge in [-0.05, 0) is 12.2 Å². The summed E-state index contributed by atoms with van der Waals surface area (Å²) in [7, 11) is -4.36. The van der Waals surface area contributed by atoms with Crippen LogP contribution < -0.4 is 0 Å². The number of phosphoric ester groups is 1. The van der Waals surface area contributed by atoms with Gasteiger partial charge >= 0.3 is 7.82 Å². The molecule has 0 fully saturated rings. The average Bonchev–Trinajstić information content (AvgIpc) is 1.21. The Morgan fingerprint density at radius 2 is 2.12 bits per heavy atom. The molecule has 0 rings (SSSR count). The number of thiocarbonyl (C=S) groups is 1. The third-order valence-electron chi connectivity index (χ3n) is 0.247. The zero-order chi connectivity index (χ0) is 6.78. The monoisotopic (exact) mass is 156 g/mol. The molecule has 0 aromatic heterocycles. The minimum atomic E-state index is -4.36. The van der Waals surface area contributed by atoms with E-state index in [2.05, 4.69) is 16.7 Å². The molecular weight excluding hydrogens is 151 g/mol. The van der Waals surface area contributed by atoms with Gasteiger partial charge in [0.1, 0.15) is 0 Å². The second kappa shape index (κ2) is 2.55. The molecule has 2 N–H and O–H groups in total. The minimum Gasteiger partial charge on any atom is -0.397 e. The van der Waals surface area contributed by atoms with Crippen molar-refractivity contribution in [2.75, 3.05) is 0 Å². The fraction of sp³-hybridized carbons (Fsp3) is 0.500. The Balaban J connectivity index is 3.74. The van der Waals surface area contributed by atoms with Gasteiger partial charge in [0.05, 0.1) is 0 Å². The van der Waals surface area contributed by atoms with Gasteiger partial charge in [-0.1, -0.05) is 0 Å². The first-order chi connectivity index (χ1) is 3.42. The molecule has 0 saturated heterocycles. The zero-order valence-corrected chi connectivity index (χ0v) is 5.78. The van der Waals surface area contributed by atoms with Crippen LogP contribution in [-0.2, 0) is 9.09 Å². The summed E-state index contributed by atoms with van der Waals surface area (Å²) in [6.45, 7) is 1.29. The molecule has 48 valence electrons. The molecule has 0 amide bonds. The molecule has 6 heteroatoms. The standard InChI is InChI=1S/C2H5O4PS/c1-2(8)6-7(3,4)5/h1H3,(H2,3,4,5). The molecule has 0 heterocycles. The van der Waals surface area contributed by atoms with Gasteiger partial charge in [0, 0.05) is 6.92 Å². The lowest BCUT2D eigenvalue weighted by Gasteiger charge is -2.01. The van der Waals surface area contributed by atoms with Crippen molar-refractivity contribution in [1.29, 1.82) is 0 Å². The lowest BCUT2D eigenvalue weighted by atomic mass is 10.9. The summed E-state index contributed by atoms with van der Waals surface area (Å²) in [6, 6.07) is 0. The van der Waals surface area contributed by atoms with Gasteiger partial charge in [-0.15, -0.1) is 0 Å². The third-order valence-corrected chi connectivity index (χ3v) is 0.966. The van der Waals surface area contributed by atoms with Gasteiger partial charge in [0.15, 0.2) is 5.05 Å². The van der Waals surface area contributed by atoms with Crippen LogP contribution in [0.4, 0.5) is 0 Å². The number of hydrogen-bond donors (Lipinski definition) is 2.